The molecular weight excluding hydrogens is 246 g/mol. The summed E-state index contributed by atoms with van der Waals surface area (Å²) in [5.41, 5.74) is 1.37. The van der Waals surface area contributed by atoms with Gasteiger partial charge >= 0.3 is 0 Å². The van der Waals surface area contributed by atoms with Gasteiger partial charge in [0.05, 0.1) is 0 Å². The minimum atomic E-state index is 0.188. The van der Waals surface area contributed by atoms with Crippen LogP contribution in [0.15, 0.2) is 24.4 Å². The maximum Gasteiger partial charge on any atom is 0.0416 e. The summed E-state index contributed by atoms with van der Waals surface area (Å²) in [5.74, 6) is 0. The Kier molecular flexibility index (Phi) is 7.17. The van der Waals surface area contributed by atoms with Gasteiger partial charge in [0.25, 0.3) is 0 Å². The van der Waals surface area contributed by atoms with E-state index < -0.39 is 0 Å². The van der Waals surface area contributed by atoms with Crippen molar-refractivity contribution in [2.45, 2.75) is 58.5 Å². The molecule has 1 N–H and O–H groups in total. The lowest BCUT2D eigenvalue weighted by molar-refractivity contribution is 0.211. The highest BCUT2D eigenvalue weighted by molar-refractivity contribution is 5.03. The fourth-order valence-electron chi connectivity index (χ4n) is 2.25. The second-order valence-electron chi connectivity index (χ2n) is 6.63. The van der Waals surface area contributed by atoms with Gasteiger partial charge < -0.3 is 10.2 Å². The first-order valence-electron chi connectivity index (χ1n) is 7.77. The summed E-state index contributed by atoms with van der Waals surface area (Å²) >= 11 is 0. The molecule has 0 aliphatic carbocycles. The molecule has 0 amide bonds. The van der Waals surface area contributed by atoms with Crippen molar-refractivity contribution < 1.29 is 0 Å². The molecular formula is C17H31N3. The molecule has 0 radical (unpaired) electrons. The fourth-order valence-corrected chi connectivity index (χ4v) is 2.25. The fraction of sp³-hybridized carbons (Fsp3) is 0.706. The van der Waals surface area contributed by atoms with Crippen LogP contribution in [-0.4, -0.2) is 41.6 Å². The van der Waals surface area contributed by atoms with Crippen molar-refractivity contribution in [1.29, 1.82) is 0 Å². The lowest BCUT2D eigenvalue weighted by atomic mass is 10.1. The largest absolute Gasteiger partial charge is 0.311 e. The Morgan fingerprint density at radius 2 is 2.05 bits per heavy atom. The van der Waals surface area contributed by atoms with Crippen molar-refractivity contribution in [3.8, 4) is 0 Å². The first kappa shape index (κ1) is 17.1. The second kappa shape index (κ2) is 8.38. The Bertz CT molecular complexity index is 356. The first-order valence-corrected chi connectivity index (χ1v) is 7.77. The van der Waals surface area contributed by atoms with Crippen LogP contribution in [0.5, 0.6) is 0 Å². The first-order chi connectivity index (χ1) is 9.42. The molecule has 1 rings (SSSR count). The zero-order valence-electron chi connectivity index (χ0n) is 13.8. The van der Waals surface area contributed by atoms with E-state index in [1.165, 1.54) is 18.5 Å². The van der Waals surface area contributed by atoms with Crippen LogP contribution in [0.1, 0.15) is 46.2 Å². The van der Waals surface area contributed by atoms with Gasteiger partial charge in [0, 0.05) is 43.0 Å². The molecule has 0 aromatic carbocycles. The van der Waals surface area contributed by atoms with E-state index in [2.05, 4.69) is 62.1 Å². The molecule has 0 aliphatic heterocycles. The van der Waals surface area contributed by atoms with E-state index in [9.17, 15) is 0 Å². The van der Waals surface area contributed by atoms with E-state index in [-0.39, 0.29) is 5.54 Å². The topological polar surface area (TPSA) is 28.2 Å². The molecule has 1 aromatic rings. The number of aromatic nitrogens is 1. The van der Waals surface area contributed by atoms with Gasteiger partial charge in [-0.2, -0.15) is 0 Å². The van der Waals surface area contributed by atoms with E-state index in [4.69, 9.17) is 0 Å². The molecule has 1 unspecified atom stereocenters. The molecule has 0 spiro atoms. The van der Waals surface area contributed by atoms with Gasteiger partial charge in [-0.3, -0.25) is 4.98 Å². The van der Waals surface area contributed by atoms with E-state index in [1.54, 1.807) is 0 Å². The molecule has 0 aliphatic rings. The summed E-state index contributed by atoms with van der Waals surface area (Å²) in [6.45, 7) is 11.1. The Balaban J connectivity index is 2.44. The van der Waals surface area contributed by atoms with Crippen LogP contribution in [0.25, 0.3) is 0 Å². The minimum absolute atomic E-state index is 0.188. The number of nitrogens with zero attached hydrogens (tertiary/aromatic N) is 2. The Morgan fingerprint density at radius 1 is 1.30 bits per heavy atom. The van der Waals surface area contributed by atoms with Crippen LogP contribution in [0.2, 0.25) is 0 Å². The zero-order chi connectivity index (χ0) is 15.0. The summed E-state index contributed by atoms with van der Waals surface area (Å²) < 4.78 is 0. The Morgan fingerprint density at radius 3 is 2.60 bits per heavy atom. The summed E-state index contributed by atoms with van der Waals surface area (Å²) in [4.78, 5) is 6.87. The van der Waals surface area contributed by atoms with Crippen LogP contribution in [0.4, 0.5) is 0 Å². The number of pyridine rings is 1. The molecule has 3 heteroatoms. The maximum absolute atomic E-state index is 4.40. The van der Waals surface area contributed by atoms with E-state index in [0.29, 0.717) is 6.04 Å². The van der Waals surface area contributed by atoms with Gasteiger partial charge in [0.1, 0.15) is 0 Å². The normalized spacial score (nSPS) is 13.7. The smallest absolute Gasteiger partial charge is 0.0416 e. The van der Waals surface area contributed by atoms with Crippen molar-refractivity contribution in [2.24, 2.45) is 0 Å². The molecule has 1 atom stereocenters. The SMILES string of the molecule is CCCC(CNC(C)(C)C)N(C)CCc1ccccn1. The highest BCUT2D eigenvalue weighted by Gasteiger charge is 2.17. The molecule has 114 valence electrons. The van der Waals surface area contributed by atoms with Gasteiger partial charge in [-0.15, -0.1) is 0 Å². The minimum Gasteiger partial charge on any atom is -0.311 e. The van der Waals surface area contributed by atoms with Crippen LogP contribution in [-0.2, 0) is 6.42 Å². The third-order valence-corrected chi connectivity index (χ3v) is 3.56. The van der Waals surface area contributed by atoms with Crippen molar-refractivity contribution in [3.63, 3.8) is 0 Å². The van der Waals surface area contributed by atoms with Crippen LogP contribution >= 0.6 is 0 Å². The van der Waals surface area contributed by atoms with E-state index in [0.717, 1.165) is 19.5 Å². The molecule has 1 heterocycles. The summed E-state index contributed by atoms with van der Waals surface area (Å²) in [6, 6.07) is 6.74. The van der Waals surface area contributed by atoms with E-state index >= 15 is 0 Å². The Hall–Kier alpha value is -0.930. The van der Waals surface area contributed by atoms with Gasteiger partial charge in [0.2, 0.25) is 0 Å². The summed E-state index contributed by atoms with van der Waals surface area (Å²) in [5, 5.41) is 3.63. The predicted molar refractivity (Wildman–Crippen MR) is 87.0 cm³/mol. The number of hydrogen-bond donors (Lipinski definition) is 1. The maximum atomic E-state index is 4.40. The third kappa shape index (κ3) is 7.01. The number of likely N-dealkylation sites (N-methyl/N-ethyl adjacent to an activating group) is 1. The average molecular weight is 277 g/mol. The van der Waals surface area contributed by atoms with Gasteiger partial charge in [0.15, 0.2) is 0 Å². The van der Waals surface area contributed by atoms with Gasteiger partial charge in [-0.25, -0.2) is 0 Å². The van der Waals surface area contributed by atoms with Crippen LogP contribution in [0, 0.1) is 0 Å². The summed E-state index contributed by atoms with van der Waals surface area (Å²) in [6.07, 6.45) is 5.36. The number of nitrogens with one attached hydrogen (secondary N) is 1. The molecule has 0 saturated heterocycles. The standard InChI is InChI=1S/C17H31N3/c1-6-9-16(14-19-17(2,3)4)20(5)13-11-15-10-7-8-12-18-15/h7-8,10,12,16,19H,6,9,11,13-14H2,1-5H3. The van der Waals surface area contributed by atoms with Crippen molar-refractivity contribution in [3.05, 3.63) is 30.1 Å². The lowest BCUT2D eigenvalue weighted by Gasteiger charge is -2.31. The lowest BCUT2D eigenvalue weighted by Crippen LogP contribution is -2.46. The molecule has 3 nitrogen and oxygen atoms in total. The molecule has 1 aromatic heterocycles. The molecule has 0 saturated carbocycles. The second-order valence-corrected chi connectivity index (χ2v) is 6.63. The van der Waals surface area contributed by atoms with Gasteiger partial charge in [-0.1, -0.05) is 19.4 Å². The van der Waals surface area contributed by atoms with Crippen molar-refractivity contribution in [1.82, 2.24) is 15.2 Å². The highest BCUT2D eigenvalue weighted by Crippen LogP contribution is 2.08. The molecule has 0 fully saturated rings. The highest BCUT2D eigenvalue weighted by atomic mass is 15.2. The van der Waals surface area contributed by atoms with Crippen LogP contribution < -0.4 is 5.32 Å². The van der Waals surface area contributed by atoms with E-state index in [1.807, 2.05) is 12.3 Å². The van der Waals surface area contributed by atoms with Crippen molar-refractivity contribution in [2.75, 3.05) is 20.1 Å². The zero-order valence-corrected chi connectivity index (χ0v) is 13.8. The number of hydrogen-bond acceptors (Lipinski definition) is 3. The molecule has 20 heavy (non-hydrogen) atoms. The van der Waals surface area contributed by atoms with Crippen molar-refractivity contribution >= 4 is 0 Å². The predicted octanol–water partition coefficient (Wildman–Crippen LogP) is 3.11. The quantitative estimate of drug-likeness (QED) is 0.791. The third-order valence-electron chi connectivity index (χ3n) is 3.56. The average Bonchev–Trinajstić information content (AvgIpc) is 2.41. The number of rotatable bonds is 8. The summed E-state index contributed by atoms with van der Waals surface area (Å²) in [7, 11) is 2.23. The molecule has 0 bridgehead atoms. The Labute approximate surface area is 124 Å². The van der Waals surface area contributed by atoms with Crippen LogP contribution in [0.3, 0.4) is 0 Å². The monoisotopic (exact) mass is 277 g/mol. The van der Waals surface area contributed by atoms with Gasteiger partial charge in [-0.05, 0) is 46.4 Å².